The molecule has 1 atom stereocenters. The summed E-state index contributed by atoms with van der Waals surface area (Å²) in [6, 6.07) is 4.79. The molecule has 4 nitrogen and oxygen atoms in total. The van der Waals surface area contributed by atoms with Crippen molar-refractivity contribution >= 4 is 5.95 Å². The number of rotatable bonds is 3. The van der Waals surface area contributed by atoms with E-state index in [1.807, 2.05) is 23.2 Å². The first-order valence-corrected chi connectivity index (χ1v) is 7.06. The van der Waals surface area contributed by atoms with Crippen LogP contribution in [0.3, 0.4) is 0 Å². The number of alkyl halides is 3. The second-order valence-electron chi connectivity index (χ2n) is 5.41. The van der Waals surface area contributed by atoms with Gasteiger partial charge in [0.25, 0.3) is 0 Å². The van der Waals surface area contributed by atoms with Crippen molar-refractivity contribution < 1.29 is 13.2 Å². The summed E-state index contributed by atoms with van der Waals surface area (Å²) in [6.45, 7) is 1.34. The van der Waals surface area contributed by atoms with Gasteiger partial charge in [-0.05, 0) is 36.5 Å². The average molecular weight is 308 g/mol. The molecule has 0 amide bonds. The van der Waals surface area contributed by atoms with Gasteiger partial charge in [0.15, 0.2) is 0 Å². The van der Waals surface area contributed by atoms with E-state index in [-0.39, 0.29) is 5.95 Å². The second kappa shape index (κ2) is 5.90. The Morgan fingerprint density at radius 3 is 2.82 bits per heavy atom. The third-order valence-electron chi connectivity index (χ3n) is 3.75. The third kappa shape index (κ3) is 3.35. The lowest BCUT2D eigenvalue weighted by Crippen LogP contribution is -2.24. The third-order valence-corrected chi connectivity index (χ3v) is 3.75. The monoisotopic (exact) mass is 308 g/mol. The van der Waals surface area contributed by atoms with Gasteiger partial charge in [0.1, 0.15) is 5.69 Å². The molecule has 0 N–H and O–H groups in total. The molecule has 116 valence electrons. The smallest absolute Gasteiger partial charge is 0.341 e. The Kier molecular flexibility index (Phi) is 3.96. The molecule has 0 aliphatic carbocycles. The first kappa shape index (κ1) is 14.7. The van der Waals surface area contributed by atoms with Gasteiger partial charge in [0, 0.05) is 31.7 Å². The summed E-state index contributed by atoms with van der Waals surface area (Å²) < 4.78 is 38.1. The van der Waals surface area contributed by atoms with Gasteiger partial charge in [-0.25, -0.2) is 9.97 Å². The van der Waals surface area contributed by atoms with Crippen LogP contribution < -0.4 is 4.90 Å². The normalized spacial score (nSPS) is 18.7. The van der Waals surface area contributed by atoms with Crippen LogP contribution in [0.25, 0.3) is 0 Å². The Balaban J connectivity index is 1.68. The van der Waals surface area contributed by atoms with Crippen molar-refractivity contribution in [2.75, 3.05) is 18.0 Å². The van der Waals surface area contributed by atoms with Crippen molar-refractivity contribution in [2.45, 2.75) is 19.0 Å². The maximum atomic E-state index is 12.7. The summed E-state index contributed by atoms with van der Waals surface area (Å²) in [6.07, 6.45) is 2.05. The first-order chi connectivity index (χ1) is 10.5. The largest absolute Gasteiger partial charge is 0.433 e. The Labute approximate surface area is 126 Å². The molecule has 3 heterocycles. The Morgan fingerprint density at radius 1 is 1.23 bits per heavy atom. The van der Waals surface area contributed by atoms with Crippen molar-refractivity contribution in [3.05, 3.63) is 48.0 Å². The summed E-state index contributed by atoms with van der Waals surface area (Å²) in [7, 11) is 0. The average Bonchev–Trinajstić information content (AvgIpc) is 2.96. The molecular weight excluding hydrogens is 293 g/mol. The predicted octanol–water partition coefficient (Wildman–Crippen LogP) is 2.96. The van der Waals surface area contributed by atoms with E-state index in [0.717, 1.165) is 24.5 Å². The van der Waals surface area contributed by atoms with Crippen LogP contribution in [-0.2, 0) is 12.6 Å². The van der Waals surface area contributed by atoms with Crippen LogP contribution in [0.2, 0.25) is 0 Å². The topological polar surface area (TPSA) is 41.9 Å². The molecule has 3 rings (SSSR count). The van der Waals surface area contributed by atoms with Crippen molar-refractivity contribution in [3.63, 3.8) is 0 Å². The second-order valence-corrected chi connectivity index (χ2v) is 5.41. The Hall–Kier alpha value is -2.18. The standard InChI is InChI=1S/C15H15F3N4/c16-15(17,18)13-3-6-20-14(21-13)22-7-4-12(10-22)8-11-2-1-5-19-9-11/h1-3,5-6,9,12H,4,7-8,10H2. The molecule has 0 spiro atoms. The summed E-state index contributed by atoms with van der Waals surface area (Å²) in [5.41, 5.74) is 0.243. The molecule has 0 radical (unpaired) electrons. The van der Waals surface area contributed by atoms with E-state index in [4.69, 9.17) is 0 Å². The minimum Gasteiger partial charge on any atom is -0.341 e. The number of hydrogen-bond donors (Lipinski definition) is 0. The van der Waals surface area contributed by atoms with E-state index >= 15 is 0 Å². The van der Waals surface area contributed by atoms with E-state index < -0.39 is 11.9 Å². The maximum absolute atomic E-state index is 12.7. The number of pyridine rings is 1. The number of nitrogens with zero attached hydrogens (tertiary/aromatic N) is 4. The summed E-state index contributed by atoms with van der Waals surface area (Å²) >= 11 is 0. The molecule has 2 aromatic heterocycles. The van der Waals surface area contributed by atoms with Gasteiger partial charge < -0.3 is 4.90 Å². The van der Waals surface area contributed by atoms with Gasteiger partial charge in [0.05, 0.1) is 0 Å². The van der Waals surface area contributed by atoms with Gasteiger partial charge in [-0.2, -0.15) is 13.2 Å². The van der Waals surface area contributed by atoms with E-state index in [0.29, 0.717) is 19.0 Å². The van der Waals surface area contributed by atoms with Gasteiger partial charge in [0.2, 0.25) is 5.95 Å². The zero-order valence-electron chi connectivity index (χ0n) is 11.8. The number of hydrogen-bond acceptors (Lipinski definition) is 4. The van der Waals surface area contributed by atoms with Gasteiger partial charge in [-0.1, -0.05) is 6.07 Å². The molecule has 0 saturated carbocycles. The van der Waals surface area contributed by atoms with E-state index in [1.165, 1.54) is 6.20 Å². The molecule has 22 heavy (non-hydrogen) atoms. The number of halogens is 3. The molecule has 1 saturated heterocycles. The summed E-state index contributed by atoms with van der Waals surface area (Å²) in [4.78, 5) is 13.5. The van der Waals surface area contributed by atoms with Crippen LogP contribution in [0, 0.1) is 5.92 Å². The fourth-order valence-electron chi connectivity index (χ4n) is 2.69. The number of anilines is 1. The van der Waals surface area contributed by atoms with E-state index in [1.54, 1.807) is 6.20 Å². The SMILES string of the molecule is FC(F)(F)c1ccnc(N2CCC(Cc3cccnc3)C2)n1. The van der Waals surface area contributed by atoms with Gasteiger partial charge >= 0.3 is 6.18 Å². The van der Waals surface area contributed by atoms with Crippen LogP contribution in [0.1, 0.15) is 17.7 Å². The fraction of sp³-hybridized carbons (Fsp3) is 0.400. The van der Waals surface area contributed by atoms with Crippen LogP contribution in [0.5, 0.6) is 0 Å². The van der Waals surface area contributed by atoms with Crippen LogP contribution in [0.4, 0.5) is 19.1 Å². The summed E-state index contributed by atoms with van der Waals surface area (Å²) in [5, 5.41) is 0. The molecule has 1 aliphatic heterocycles. The molecule has 0 aromatic carbocycles. The lowest BCUT2D eigenvalue weighted by atomic mass is 10.0. The minimum absolute atomic E-state index is 0.156. The van der Waals surface area contributed by atoms with Crippen molar-refractivity contribution in [1.29, 1.82) is 0 Å². The highest BCUT2D eigenvalue weighted by atomic mass is 19.4. The van der Waals surface area contributed by atoms with Crippen molar-refractivity contribution in [3.8, 4) is 0 Å². The summed E-state index contributed by atoms with van der Waals surface area (Å²) in [5.74, 6) is 0.533. The molecule has 2 aromatic rings. The number of aromatic nitrogens is 3. The molecule has 1 fully saturated rings. The Bertz CT molecular complexity index is 630. The molecule has 0 bridgehead atoms. The van der Waals surface area contributed by atoms with Crippen molar-refractivity contribution in [2.24, 2.45) is 5.92 Å². The zero-order valence-corrected chi connectivity index (χ0v) is 11.8. The molecule has 7 heteroatoms. The van der Waals surface area contributed by atoms with Gasteiger partial charge in [-0.15, -0.1) is 0 Å². The quantitative estimate of drug-likeness (QED) is 0.874. The maximum Gasteiger partial charge on any atom is 0.433 e. The predicted molar refractivity (Wildman–Crippen MR) is 75.3 cm³/mol. The molecule has 1 aliphatic rings. The van der Waals surface area contributed by atoms with Crippen LogP contribution in [-0.4, -0.2) is 28.0 Å². The van der Waals surface area contributed by atoms with E-state index in [9.17, 15) is 13.2 Å². The highest BCUT2D eigenvalue weighted by Gasteiger charge is 2.34. The minimum atomic E-state index is -4.44. The lowest BCUT2D eigenvalue weighted by molar-refractivity contribution is -0.141. The zero-order chi connectivity index (χ0) is 15.6. The fourth-order valence-corrected chi connectivity index (χ4v) is 2.69. The van der Waals surface area contributed by atoms with Crippen LogP contribution >= 0.6 is 0 Å². The van der Waals surface area contributed by atoms with Gasteiger partial charge in [-0.3, -0.25) is 4.98 Å². The van der Waals surface area contributed by atoms with Crippen LogP contribution in [0.15, 0.2) is 36.8 Å². The first-order valence-electron chi connectivity index (χ1n) is 7.06. The highest BCUT2D eigenvalue weighted by Crippen LogP contribution is 2.29. The molecular formula is C15H15F3N4. The Morgan fingerprint density at radius 2 is 2.09 bits per heavy atom. The lowest BCUT2D eigenvalue weighted by Gasteiger charge is -2.17. The van der Waals surface area contributed by atoms with E-state index in [2.05, 4.69) is 15.0 Å². The molecule has 1 unspecified atom stereocenters. The highest BCUT2D eigenvalue weighted by molar-refractivity contribution is 5.33. The van der Waals surface area contributed by atoms with Crippen molar-refractivity contribution in [1.82, 2.24) is 15.0 Å².